The van der Waals surface area contributed by atoms with Gasteiger partial charge in [-0.25, -0.2) is 4.99 Å². The van der Waals surface area contributed by atoms with Gasteiger partial charge in [-0.1, -0.05) is 12.1 Å². The third-order valence-electron chi connectivity index (χ3n) is 4.60. The van der Waals surface area contributed by atoms with Gasteiger partial charge in [-0.05, 0) is 44.4 Å². The zero-order chi connectivity index (χ0) is 20.6. The summed E-state index contributed by atoms with van der Waals surface area (Å²) in [5.74, 6) is 0.717. The smallest absolute Gasteiger partial charge is 0.191 e. The van der Waals surface area contributed by atoms with Crippen LogP contribution >= 0.6 is 0 Å². The molecule has 0 spiro atoms. The Morgan fingerprint density at radius 2 is 1.96 bits per heavy atom. The minimum Gasteiger partial charge on any atom is -0.383 e. The molecule has 1 atom stereocenters. The van der Waals surface area contributed by atoms with Crippen molar-refractivity contribution in [3.8, 4) is 0 Å². The third kappa shape index (κ3) is 6.56. The first kappa shape index (κ1) is 21.8. The van der Waals surface area contributed by atoms with E-state index in [4.69, 9.17) is 0 Å². The summed E-state index contributed by atoms with van der Waals surface area (Å²) < 4.78 is 1.68. The average molecular weight is 387 g/mol. The van der Waals surface area contributed by atoms with E-state index in [2.05, 4.69) is 49.9 Å². The van der Waals surface area contributed by atoms with E-state index in [1.165, 1.54) is 11.3 Å². The monoisotopic (exact) mass is 386 g/mol. The van der Waals surface area contributed by atoms with Crippen LogP contribution < -0.4 is 15.5 Å². The van der Waals surface area contributed by atoms with Gasteiger partial charge in [0.1, 0.15) is 5.60 Å². The standard InChI is InChI=1S/C21H34N6O/c1-6-22-20(24-16-21(2,28)18-14-25-27(5)15-18)23-13-7-8-17-9-11-19(12-10-17)26(3)4/h9-12,14-15,28H,6-8,13,16H2,1-5H3,(H2,22,23,24). The fraction of sp³-hybridized carbons (Fsp3) is 0.524. The molecule has 2 aromatic rings. The molecule has 154 valence electrons. The molecule has 0 amide bonds. The second-order valence-electron chi connectivity index (χ2n) is 7.46. The summed E-state index contributed by atoms with van der Waals surface area (Å²) in [7, 11) is 5.93. The Labute approximate surface area is 168 Å². The van der Waals surface area contributed by atoms with Crippen LogP contribution in [0.15, 0.2) is 41.7 Å². The normalized spacial score (nSPS) is 13.9. The molecule has 28 heavy (non-hydrogen) atoms. The Balaban J connectivity index is 1.84. The molecule has 0 radical (unpaired) electrons. The number of nitrogens with one attached hydrogen (secondary N) is 2. The number of aliphatic hydroxyl groups is 1. The van der Waals surface area contributed by atoms with Crippen LogP contribution in [0.5, 0.6) is 0 Å². The Morgan fingerprint density at radius 3 is 2.54 bits per heavy atom. The van der Waals surface area contributed by atoms with Crippen molar-refractivity contribution in [3.05, 3.63) is 47.8 Å². The minimum atomic E-state index is -1.05. The van der Waals surface area contributed by atoms with Crippen molar-refractivity contribution in [3.63, 3.8) is 0 Å². The Bertz CT molecular complexity index is 749. The maximum absolute atomic E-state index is 10.7. The number of anilines is 1. The Kier molecular flexibility index (Phi) is 7.87. The molecule has 0 aliphatic rings. The van der Waals surface area contributed by atoms with Crippen molar-refractivity contribution < 1.29 is 5.11 Å². The summed E-state index contributed by atoms with van der Waals surface area (Å²) in [6, 6.07) is 8.66. The Morgan fingerprint density at radius 1 is 1.25 bits per heavy atom. The first-order valence-corrected chi connectivity index (χ1v) is 9.82. The van der Waals surface area contributed by atoms with E-state index in [9.17, 15) is 5.11 Å². The van der Waals surface area contributed by atoms with Crippen molar-refractivity contribution in [2.75, 3.05) is 38.6 Å². The predicted molar refractivity (Wildman–Crippen MR) is 116 cm³/mol. The lowest BCUT2D eigenvalue weighted by Crippen LogP contribution is -2.39. The van der Waals surface area contributed by atoms with Gasteiger partial charge >= 0.3 is 0 Å². The lowest BCUT2D eigenvalue weighted by atomic mass is 10.0. The number of aliphatic imine (C=N–C) groups is 1. The molecule has 1 aromatic carbocycles. The van der Waals surface area contributed by atoms with Crippen molar-refractivity contribution in [1.82, 2.24) is 20.4 Å². The van der Waals surface area contributed by atoms with Crippen LogP contribution in [0.25, 0.3) is 0 Å². The van der Waals surface area contributed by atoms with Crippen LogP contribution in [-0.2, 0) is 19.1 Å². The van der Waals surface area contributed by atoms with E-state index in [0.717, 1.165) is 37.5 Å². The third-order valence-corrected chi connectivity index (χ3v) is 4.60. The van der Waals surface area contributed by atoms with E-state index in [-0.39, 0.29) is 6.54 Å². The maximum atomic E-state index is 10.7. The fourth-order valence-electron chi connectivity index (χ4n) is 2.83. The largest absolute Gasteiger partial charge is 0.383 e. The summed E-state index contributed by atoms with van der Waals surface area (Å²) in [4.78, 5) is 6.65. The predicted octanol–water partition coefficient (Wildman–Crippen LogP) is 1.88. The summed E-state index contributed by atoms with van der Waals surface area (Å²) in [5.41, 5.74) is 2.25. The van der Waals surface area contributed by atoms with Crippen LogP contribution in [0.3, 0.4) is 0 Å². The molecular formula is C21H34N6O. The van der Waals surface area contributed by atoms with Crippen molar-refractivity contribution in [2.45, 2.75) is 32.3 Å². The number of hydrogen-bond acceptors (Lipinski definition) is 4. The lowest BCUT2D eigenvalue weighted by molar-refractivity contribution is 0.0672. The molecule has 0 bridgehead atoms. The number of rotatable bonds is 9. The minimum absolute atomic E-state index is 0.264. The molecule has 7 heteroatoms. The number of guanidine groups is 1. The van der Waals surface area contributed by atoms with Crippen molar-refractivity contribution >= 4 is 11.6 Å². The van der Waals surface area contributed by atoms with Crippen LogP contribution in [0.1, 0.15) is 31.4 Å². The summed E-state index contributed by atoms with van der Waals surface area (Å²) in [6.45, 7) is 5.64. The number of benzene rings is 1. The number of hydrogen-bond donors (Lipinski definition) is 3. The van der Waals surface area contributed by atoms with E-state index in [1.54, 1.807) is 17.8 Å². The van der Waals surface area contributed by atoms with Gasteiger partial charge in [0.2, 0.25) is 0 Å². The van der Waals surface area contributed by atoms with Crippen LogP contribution in [0.2, 0.25) is 0 Å². The molecule has 0 saturated carbocycles. The molecule has 0 fully saturated rings. The van der Waals surface area contributed by atoms with Gasteiger partial charge in [-0.15, -0.1) is 0 Å². The lowest BCUT2D eigenvalue weighted by Gasteiger charge is -2.20. The van der Waals surface area contributed by atoms with Gasteiger partial charge < -0.3 is 20.6 Å². The quantitative estimate of drug-likeness (QED) is 0.348. The van der Waals surface area contributed by atoms with E-state index < -0.39 is 5.60 Å². The van der Waals surface area contributed by atoms with E-state index in [0.29, 0.717) is 0 Å². The van der Waals surface area contributed by atoms with Crippen LogP contribution in [0.4, 0.5) is 5.69 Å². The molecule has 3 N–H and O–H groups in total. The van der Waals surface area contributed by atoms with Gasteiger partial charge in [0.25, 0.3) is 0 Å². The van der Waals surface area contributed by atoms with Gasteiger partial charge in [0.05, 0.1) is 12.7 Å². The molecule has 2 rings (SSSR count). The average Bonchev–Trinajstić information content (AvgIpc) is 3.11. The highest BCUT2D eigenvalue weighted by Crippen LogP contribution is 2.19. The molecular weight excluding hydrogens is 352 g/mol. The second-order valence-corrected chi connectivity index (χ2v) is 7.46. The van der Waals surface area contributed by atoms with Gasteiger partial charge in [-0.3, -0.25) is 4.68 Å². The molecule has 1 unspecified atom stereocenters. The number of nitrogens with zero attached hydrogens (tertiary/aromatic N) is 4. The van der Waals surface area contributed by atoms with E-state index >= 15 is 0 Å². The maximum Gasteiger partial charge on any atom is 0.191 e. The molecule has 1 heterocycles. The zero-order valence-corrected chi connectivity index (χ0v) is 17.7. The SMILES string of the molecule is CCNC(=NCC(C)(O)c1cnn(C)c1)NCCCc1ccc(N(C)C)cc1. The summed E-state index contributed by atoms with van der Waals surface area (Å²) in [5, 5.41) is 21.4. The van der Waals surface area contributed by atoms with Crippen LogP contribution in [-0.4, -0.2) is 54.6 Å². The zero-order valence-electron chi connectivity index (χ0n) is 17.7. The van der Waals surface area contributed by atoms with Crippen LogP contribution in [0, 0.1) is 0 Å². The summed E-state index contributed by atoms with van der Waals surface area (Å²) in [6.07, 6.45) is 5.51. The first-order valence-electron chi connectivity index (χ1n) is 9.82. The van der Waals surface area contributed by atoms with Crippen molar-refractivity contribution in [1.29, 1.82) is 0 Å². The highest BCUT2D eigenvalue weighted by atomic mass is 16.3. The molecule has 0 saturated heterocycles. The molecule has 7 nitrogen and oxygen atoms in total. The fourth-order valence-corrected chi connectivity index (χ4v) is 2.83. The molecule has 0 aliphatic heterocycles. The molecule has 1 aromatic heterocycles. The second kappa shape index (κ2) is 10.1. The van der Waals surface area contributed by atoms with Crippen molar-refractivity contribution in [2.24, 2.45) is 12.0 Å². The Hall–Kier alpha value is -2.54. The topological polar surface area (TPSA) is 77.7 Å². The summed E-state index contributed by atoms with van der Waals surface area (Å²) >= 11 is 0. The highest BCUT2D eigenvalue weighted by molar-refractivity contribution is 5.79. The number of aromatic nitrogens is 2. The molecule has 0 aliphatic carbocycles. The van der Waals surface area contributed by atoms with Gasteiger partial charge in [0, 0.05) is 51.7 Å². The van der Waals surface area contributed by atoms with E-state index in [1.807, 2.05) is 34.3 Å². The first-order chi connectivity index (χ1) is 13.3. The highest BCUT2D eigenvalue weighted by Gasteiger charge is 2.24. The number of aryl methyl sites for hydroxylation is 2. The van der Waals surface area contributed by atoms with Gasteiger partial charge in [0.15, 0.2) is 5.96 Å². The van der Waals surface area contributed by atoms with Gasteiger partial charge in [-0.2, -0.15) is 5.10 Å².